The van der Waals surface area contributed by atoms with Crippen LogP contribution in [0.1, 0.15) is 15.9 Å². The van der Waals surface area contributed by atoms with E-state index < -0.39 is 5.97 Å². The lowest BCUT2D eigenvalue weighted by atomic mass is 10.2. The molecule has 0 aliphatic carbocycles. The van der Waals surface area contributed by atoms with Gasteiger partial charge in [-0.1, -0.05) is 0 Å². The molecule has 0 unspecified atom stereocenters. The zero-order valence-corrected chi connectivity index (χ0v) is 12.4. The second-order valence-corrected chi connectivity index (χ2v) is 4.91. The Morgan fingerprint density at radius 3 is 2.74 bits per heavy atom. The molecule has 0 atom stereocenters. The van der Waals surface area contributed by atoms with Gasteiger partial charge >= 0.3 is 5.97 Å². The summed E-state index contributed by atoms with van der Waals surface area (Å²) >= 11 is 0. The molecular weight excluding hydrogens is 294 g/mol. The number of carbonyl (C=O) groups is 1. The normalized spacial score (nSPS) is 11.0. The molecule has 6 heteroatoms. The molecule has 3 N–H and O–H groups in total. The molecule has 0 aliphatic heterocycles. The average molecular weight is 309 g/mol. The fourth-order valence-electron chi connectivity index (χ4n) is 2.23. The zero-order chi connectivity index (χ0) is 16.2. The lowest BCUT2D eigenvalue weighted by Gasteiger charge is -2.01. The van der Waals surface area contributed by atoms with E-state index in [1.54, 1.807) is 25.5 Å². The fourth-order valence-corrected chi connectivity index (χ4v) is 2.23. The molecule has 3 rings (SSSR count). The Kier molecular flexibility index (Phi) is 3.97. The molecule has 1 heterocycles. The summed E-state index contributed by atoms with van der Waals surface area (Å²) in [6.45, 7) is 0. The van der Waals surface area contributed by atoms with Gasteiger partial charge in [-0.15, -0.1) is 0 Å². The highest BCUT2D eigenvalue weighted by atomic mass is 16.5. The number of H-pyrrole nitrogens is 1. The minimum atomic E-state index is -0.950. The highest BCUT2D eigenvalue weighted by molar-refractivity contribution is 5.99. The Hall–Kier alpha value is -3.28. The van der Waals surface area contributed by atoms with Gasteiger partial charge in [0.1, 0.15) is 5.75 Å². The third-order valence-corrected chi connectivity index (χ3v) is 3.45. The second-order valence-electron chi connectivity index (χ2n) is 4.91. The molecule has 0 radical (unpaired) electrons. The molecule has 0 fully saturated rings. The predicted octanol–water partition coefficient (Wildman–Crippen LogP) is 3.32. The van der Waals surface area contributed by atoms with Gasteiger partial charge in [-0.2, -0.15) is 5.10 Å². The maximum absolute atomic E-state index is 10.8. The number of aromatic carboxylic acids is 1. The molecule has 6 nitrogen and oxygen atoms in total. The number of benzene rings is 2. The van der Waals surface area contributed by atoms with Crippen LogP contribution in [0, 0.1) is 0 Å². The van der Waals surface area contributed by atoms with Crippen LogP contribution in [0.25, 0.3) is 10.9 Å². The van der Waals surface area contributed by atoms with Gasteiger partial charge in [-0.05, 0) is 36.4 Å². The van der Waals surface area contributed by atoms with Crippen molar-refractivity contribution in [1.29, 1.82) is 0 Å². The van der Waals surface area contributed by atoms with Crippen molar-refractivity contribution < 1.29 is 14.6 Å². The average Bonchev–Trinajstić information content (AvgIpc) is 2.97. The Morgan fingerprint density at radius 1 is 1.26 bits per heavy atom. The van der Waals surface area contributed by atoms with Crippen LogP contribution in [0.3, 0.4) is 0 Å². The summed E-state index contributed by atoms with van der Waals surface area (Å²) in [5.41, 5.74) is 5.74. The summed E-state index contributed by atoms with van der Waals surface area (Å²) in [5, 5.41) is 14.1. The topological polar surface area (TPSA) is 86.7 Å². The molecule has 0 saturated heterocycles. The number of methoxy groups -OCH3 is 1. The lowest BCUT2D eigenvalue weighted by Crippen LogP contribution is -1.96. The van der Waals surface area contributed by atoms with Gasteiger partial charge in [0.25, 0.3) is 0 Å². The number of carboxylic acid groups (broad SMARTS) is 1. The molecule has 0 spiro atoms. The van der Waals surface area contributed by atoms with E-state index in [1.165, 1.54) is 12.1 Å². The number of carboxylic acids is 1. The minimum absolute atomic E-state index is 0.241. The third-order valence-electron chi connectivity index (χ3n) is 3.45. The van der Waals surface area contributed by atoms with Gasteiger partial charge in [0.15, 0.2) is 0 Å². The number of rotatable bonds is 5. The largest absolute Gasteiger partial charge is 0.497 e. The van der Waals surface area contributed by atoms with E-state index in [0.717, 1.165) is 22.2 Å². The van der Waals surface area contributed by atoms with Crippen LogP contribution < -0.4 is 10.2 Å². The predicted molar refractivity (Wildman–Crippen MR) is 89.5 cm³/mol. The summed E-state index contributed by atoms with van der Waals surface area (Å²) in [7, 11) is 1.63. The van der Waals surface area contributed by atoms with Crippen LogP contribution in [0.5, 0.6) is 5.75 Å². The van der Waals surface area contributed by atoms with Gasteiger partial charge in [0, 0.05) is 28.7 Å². The first-order chi connectivity index (χ1) is 11.2. The van der Waals surface area contributed by atoms with Gasteiger partial charge < -0.3 is 14.8 Å². The van der Waals surface area contributed by atoms with Crippen LogP contribution in [0.15, 0.2) is 53.8 Å². The highest BCUT2D eigenvalue weighted by Crippen LogP contribution is 2.22. The Labute approximate surface area is 132 Å². The lowest BCUT2D eigenvalue weighted by molar-refractivity contribution is 0.0697. The minimum Gasteiger partial charge on any atom is -0.497 e. The molecular formula is C17H15N3O3. The van der Waals surface area contributed by atoms with E-state index in [0.29, 0.717) is 5.69 Å². The smallest absolute Gasteiger partial charge is 0.335 e. The van der Waals surface area contributed by atoms with Gasteiger partial charge in [0.2, 0.25) is 0 Å². The standard InChI is InChI=1S/C17H15N3O3/c1-23-14-6-7-15-12(9-18-16(15)8-14)10-19-20-13-4-2-11(3-5-13)17(21)22/h2-10,18,20H,1H3,(H,21,22)/b19-10+. The Morgan fingerprint density at radius 2 is 2.04 bits per heavy atom. The molecule has 0 bridgehead atoms. The third kappa shape index (κ3) is 3.16. The molecule has 2 aromatic carbocycles. The number of hydrazone groups is 1. The number of anilines is 1. The quantitative estimate of drug-likeness (QED) is 0.498. The number of ether oxygens (including phenoxy) is 1. The molecule has 0 amide bonds. The Balaban J connectivity index is 1.74. The van der Waals surface area contributed by atoms with Crippen molar-refractivity contribution in [2.24, 2.45) is 5.10 Å². The zero-order valence-electron chi connectivity index (χ0n) is 12.4. The van der Waals surface area contributed by atoms with Crippen LogP contribution in [-0.4, -0.2) is 29.4 Å². The van der Waals surface area contributed by atoms with Crippen molar-refractivity contribution in [3.05, 3.63) is 59.8 Å². The van der Waals surface area contributed by atoms with Crippen molar-refractivity contribution in [3.8, 4) is 5.75 Å². The number of nitrogens with zero attached hydrogens (tertiary/aromatic N) is 1. The first-order valence-electron chi connectivity index (χ1n) is 6.95. The van der Waals surface area contributed by atoms with Crippen molar-refractivity contribution >= 4 is 28.8 Å². The number of aromatic nitrogens is 1. The molecule has 116 valence electrons. The molecule has 23 heavy (non-hydrogen) atoms. The number of hydrogen-bond acceptors (Lipinski definition) is 4. The van der Waals surface area contributed by atoms with E-state index in [9.17, 15) is 4.79 Å². The van der Waals surface area contributed by atoms with Crippen molar-refractivity contribution in [1.82, 2.24) is 4.98 Å². The number of aromatic amines is 1. The summed E-state index contributed by atoms with van der Waals surface area (Å²) < 4.78 is 5.19. The van der Waals surface area contributed by atoms with Crippen molar-refractivity contribution in [3.63, 3.8) is 0 Å². The van der Waals surface area contributed by atoms with E-state index in [4.69, 9.17) is 9.84 Å². The molecule has 1 aromatic heterocycles. The summed E-state index contributed by atoms with van der Waals surface area (Å²) in [4.78, 5) is 14.0. The van der Waals surface area contributed by atoms with Gasteiger partial charge in [-0.25, -0.2) is 4.79 Å². The first-order valence-corrected chi connectivity index (χ1v) is 6.95. The van der Waals surface area contributed by atoms with E-state index in [-0.39, 0.29) is 5.56 Å². The van der Waals surface area contributed by atoms with Gasteiger partial charge in [0.05, 0.1) is 24.6 Å². The summed E-state index contributed by atoms with van der Waals surface area (Å²) in [6.07, 6.45) is 3.57. The number of nitrogens with one attached hydrogen (secondary N) is 2. The number of fused-ring (bicyclic) bond motifs is 1. The van der Waals surface area contributed by atoms with Crippen LogP contribution in [0.2, 0.25) is 0 Å². The second kappa shape index (κ2) is 6.23. The first kappa shape index (κ1) is 14.6. The van der Waals surface area contributed by atoms with Crippen LogP contribution >= 0.6 is 0 Å². The van der Waals surface area contributed by atoms with Gasteiger partial charge in [-0.3, -0.25) is 5.43 Å². The number of hydrogen-bond donors (Lipinski definition) is 3. The highest BCUT2D eigenvalue weighted by Gasteiger charge is 2.03. The van der Waals surface area contributed by atoms with E-state index in [2.05, 4.69) is 15.5 Å². The van der Waals surface area contributed by atoms with E-state index >= 15 is 0 Å². The van der Waals surface area contributed by atoms with E-state index in [1.807, 2.05) is 24.4 Å². The van der Waals surface area contributed by atoms with Crippen molar-refractivity contribution in [2.75, 3.05) is 12.5 Å². The SMILES string of the molecule is COc1ccc2c(/C=N/Nc3ccc(C(=O)O)cc3)c[nH]c2c1. The van der Waals surface area contributed by atoms with Crippen LogP contribution in [-0.2, 0) is 0 Å². The molecule has 3 aromatic rings. The van der Waals surface area contributed by atoms with Crippen molar-refractivity contribution in [2.45, 2.75) is 0 Å². The Bertz CT molecular complexity index is 866. The maximum atomic E-state index is 10.8. The monoisotopic (exact) mass is 309 g/mol. The maximum Gasteiger partial charge on any atom is 0.335 e. The summed E-state index contributed by atoms with van der Waals surface area (Å²) in [5.74, 6) is -0.159. The van der Waals surface area contributed by atoms with Crippen LogP contribution in [0.4, 0.5) is 5.69 Å². The molecule has 0 aliphatic rings. The summed E-state index contributed by atoms with van der Waals surface area (Å²) in [6, 6.07) is 12.2. The molecule has 0 saturated carbocycles. The fraction of sp³-hybridized carbons (Fsp3) is 0.0588.